The van der Waals surface area contributed by atoms with Crippen molar-refractivity contribution in [2.24, 2.45) is 0 Å². The van der Waals surface area contributed by atoms with Crippen molar-refractivity contribution in [1.82, 2.24) is 15.2 Å². The number of nitrogens with one attached hydrogen (secondary N) is 2. The number of benzene rings is 3. The van der Waals surface area contributed by atoms with Crippen LogP contribution in [0.15, 0.2) is 72.9 Å². The van der Waals surface area contributed by atoms with Crippen LogP contribution in [-0.4, -0.2) is 68.4 Å². The van der Waals surface area contributed by atoms with Crippen LogP contribution < -0.4 is 24.8 Å². The molecule has 43 heavy (non-hydrogen) atoms. The molecule has 1 aromatic heterocycles. The number of halogens is 1. The summed E-state index contributed by atoms with van der Waals surface area (Å²) >= 11 is 6.50. The summed E-state index contributed by atoms with van der Waals surface area (Å²) in [5.41, 5.74) is 1.88. The Hall–Kier alpha value is -4.38. The van der Waals surface area contributed by atoms with Gasteiger partial charge in [0.05, 0.1) is 43.9 Å². The molecule has 1 aliphatic rings. The van der Waals surface area contributed by atoms with Gasteiger partial charge in [0.2, 0.25) is 5.91 Å². The summed E-state index contributed by atoms with van der Waals surface area (Å²) in [5.74, 6) is 1.65. The largest absolute Gasteiger partial charge is 0.493 e. The summed E-state index contributed by atoms with van der Waals surface area (Å²) in [4.78, 5) is 31.4. The van der Waals surface area contributed by atoms with Crippen LogP contribution in [0.2, 0.25) is 5.02 Å². The zero-order valence-corrected chi connectivity index (χ0v) is 24.6. The number of methoxy groups -OCH3 is 1. The van der Waals surface area contributed by atoms with E-state index in [1.807, 2.05) is 42.5 Å². The summed E-state index contributed by atoms with van der Waals surface area (Å²) in [6, 6.07) is 18.7. The zero-order chi connectivity index (χ0) is 30.0. The second-order valence-corrected chi connectivity index (χ2v) is 10.3. The average molecular weight is 605 g/mol. The molecule has 0 radical (unpaired) electrons. The van der Waals surface area contributed by atoms with E-state index in [9.17, 15) is 9.59 Å². The van der Waals surface area contributed by atoms with E-state index < -0.39 is 11.9 Å². The fraction of sp³-hybridized carbons (Fsp3) is 0.281. The van der Waals surface area contributed by atoms with Crippen LogP contribution in [0.4, 0.5) is 10.5 Å². The first-order valence-electron chi connectivity index (χ1n) is 14.0. The molecular formula is C32H33ClN4O6. The number of hydrogen-bond donors (Lipinski definition) is 2. The Labute approximate surface area is 254 Å². The minimum atomic E-state index is -0.656. The standard InChI is InChI=1S/C32H33ClN4O6/c1-40-29-20-24-26(21-30(29)42-15-5-12-37-13-16-41-17-14-37)34-11-10-27(24)43-28-9-8-23(19-25(28)33)35-32(39)36-31(38)18-22-6-3-2-4-7-22/h2-4,6-11,19-21H,5,12-18H2,1H3,(H2,35,36,38,39). The maximum absolute atomic E-state index is 12.3. The number of amides is 3. The lowest BCUT2D eigenvalue weighted by atomic mass is 10.1. The van der Waals surface area contributed by atoms with Crippen molar-refractivity contribution < 1.29 is 28.5 Å². The summed E-state index contributed by atoms with van der Waals surface area (Å²) in [5, 5.41) is 5.93. The molecule has 1 saturated heterocycles. The highest BCUT2D eigenvalue weighted by Crippen LogP contribution is 2.39. The molecule has 0 atom stereocenters. The number of pyridine rings is 1. The third-order valence-corrected chi connectivity index (χ3v) is 7.13. The van der Waals surface area contributed by atoms with Crippen molar-refractivity contribution in [1.29, 1.82) is 0 Å². The second kappa shape index (κ2) is 14.7. The third kappa shape index (κ3) is 8.35. The van der Waals surface area contributed by atoms with Gasteiger partial charge in [-0.15, -0.1) is 0 Å². The number of urea groups is 1. The number of nitrogens with zero attached hydrogens (tertiary/aromatic N) is 2. The van der Waals surface area contributed by atoms with Gasteiger partial charge >= 0.3 is 6.03 Å². The second-order valence-electron chi connectivity index (χ2n) is 9.90. The first kappa shape index (κ1) is 30.1. The Balaban J connectivity index is 1.21. The smallest absolute Gasteiger partial charge is 0.325 e. The molecule has 11 heteroatoms. The number of fused-ring (bicyclic) bond motifs is 1. The van der Waals surface area contributed by atoms with Crippen molar-refractivity contribution in [3.05, 3.63) is 83.5 Å². The van der Waals surface area contributed by atoms with Gasteiger partial charge in [-0.3, -0.25) is 20.0 Å². The number of carbonyl (C=O) groups is 2. The zero-order valence-electron chi connectivity index (χ0n) is 23.8. The van der Waals surface area contributed by atoms with Crippen molar-refractivity contribution in [2.75, 3.05) is 51.9 Å². The number of morpholine rings is 1. The molecule has 0 aliphatic carbocycles. The summed E-state index contributed by atoms with van der Waals surface area (Å²) < 4.78 is 23.2. The number of ether oxygens (including phenoxy) is 4. The highest BCUT2D eigenvalue weighted by atomic mass is 35.5. The lowest BCUT2D eigenvalue weighted by Gasteiger charge is -2.26. The Morgan fingerprint density at radius 2 is 1.79 bits per heavy atom. The topological polar surface area (TPSA) is 111 Å². The fourth-order valence-electron chi connectivity index (χ4n) is 4.68. The lowest BCUT2D eigenvalue weighted by Crippen LogP contribution is -2.37. The minimum Gasteiger partial charge on any atom is -0.493 e. The number of imide groups is 1. The van der Waals surface area contributed by atoms with Crippen LogP contribution in [0.1, 0.15) is 12.0 Å². The first-order valence-corrected chi connectivity index (χ1v) is 14.4. The van der Waals surface area contributed by atoms with Gasteiger partial charge < -0.3 is 24.3 Å². The van der Waals surface area contributed by atoms with Gasteiger partial charge in [0, 0.05) is 43.0 Å². The molecule has 2 N–H and O–H groups in total. The lowest BCUT2D eigenvalue weighted by molar-refractivity contribution is -0.119. The van der Waals surface area contributed by atoms with Gasteiger partial charge in [0.1, 0.15) is 11.5 Å². The average Bonchev–Trinajstić information content (AvgIpc) is 3.01. The molecule has 1 aliphatic heterocycles. The quantitative estimate of drug-likeness (QED) is 0.210. The van der Waals surface area contributed by atoms with Gasteiger partial charge in [-0.1, -0.05) is 41.9 Å². The van der Waals surface area contributed by atoms with E-state index in [1.165, 1.54) is 0 Å². The van der Waals surface area contributed by atoms with Crippen molar-refractivity contribution in [3.63, 3.8) is 0 Å². The van der Waals surface area contributed by atoms with E-state index in [-0.39, 0.29) is 11.4 Å². The van der Waals surface area contributed by atoms with Crippen LogP contribution in [0.25, 0.3) is 10.9 Å². The van der Waals surface area contributed by atoms with Gasteiger partial charge in [0.15, 0.2) is 11.5 Å². The van der Waals surface area contributed by atoms with Crippen LogP contribution in [0.5, 0.6) is 23.0 Å². The third-order valence-electron chi connectivity index (χ3n) is 6.84. The molecule has 5 rings (SSSR count). The molecular weight excluding hydrogens is 572 g/mol. The Morgan fingerprint density at radius 3 is 2.56 bits per heavy atom. The van der Waals surface area contributed by atoms with Crippen molar-refractivity contribution in [2.45, 2.75) is 12.8 Å². The van der Waals surface area contributed by atoms with E-state index in [1.54, 1.807) is 37.6 Å². The molecule has 224 valence electrons. The molecule has 0 saturated carbocycles. The molecule has 10 nitrogen and oxygen atoms in total. The van der Waals surface area contributed by atoms with Crippen LogP contribution in [0.3, 0.4) is 0 Å². The maximum atomic E-state index is 12.3. The molecule has 0 unspecified atom stereocenters. The normalized spacial score (nSPS) is 13.3. The predicted molar refractivity (Wildman–Crippen MR) is 164 cm³/mol. The van der Waals surface area contributed by atoms with Gasteiger partial charge in [-0.25, -0.2) is 4.79 Å². The Bertz CT molecular complexity index is 1560. The predicted octanol–water partition coefficient (Wildman–Crippen LogP) is 5.68. The molecule has 0 bridgehead atoms. The number of rotatable bonds is 11. The number of anilines is 1. The summed E-state index contributed by atoms with van der Waals surface area (Å²) in [7, 11) is 1.59. The number of aromatic nitrogens is 1. The van der Waals surface area contributed by atoms with E-state index in [4.69, 9.17) is 30.5 Å². The highest BCUT2D eigenvalue weighted by Gasteiger charge is 2.15. The van der Waals surface area contributed by atoms with Crippen LogP contribution in [-0.2, 0) is 16.0 Å². The Morgan fingerprint density at radius 1 is 0.977 bits per heavy atom. The number of hydrogen-bond acceptors (Lipinski definition) is 8. The van der Waals surface area contributed by atoms with Gasteiger partial charge in [-0.05, 0) is 42.3 Å². The number of carbonyl (C=O) groups excluding carboxylic acids is 2. The van der Waals surface area contributed by atoms with Crippen molar-refractivity contribution in [3.8, 4) is 23.0 Å². The van der Waals surface area contributed by atoms with E-state index in [0.717, 1.165) is 50.2 Å². The monoisotopic (exact) mass is 604 g/mol. The van der Waals surface area contributed by atoms with Crippen molar-refractivity contribution >= 4 is 40.1 Å². The first-order chi connectivity index (χ1) is 21.0. The van der Waals surface area contributed by atoms with Crippen LogP contribution in [0, 0.1) is 0 Å². The molecule has 4 aromatic rings. The fourth-order valence-corrected chi connectivity index (χ4v) is 4.90. The molecule has 2 heterocycles. The van der Waals surface area contributed by atoms with Crippen LogP contribution >= 0.6 is 11.6 Å². The van der Waals surface area contributed by atoms with E-state index in [2.05, 4.69) is 20.5 Å². The minimum absolute atomic E-state index is 0.0923. The van der Waals surface area contributed by atoms with Gasteiger partial charge in [0.25, 0.3) is 0 Å². The maximum Gasteiger partial charge on any atom is 0.325 e. The Kier molecular flexibility index (Phi) is 10.3. The summed E-state index contributed by atoms with van der Waals surface area (Å²) in [6.45, 7) is 4.93. The molecule has 1 fully saturated rings. The van der Waals surface area contributed by atoms with E-state index in [0.29, 0.717) is 40.8 Å². The molecule has 3 amide bonds. The molecule has 0 spiro atoms. The molecule has 3 aromatic carbocycles. The van der Waals surface area contributed by atoms with E-state index >= 15 is 0 Å². The summed E-state index contributed by atoms with van der Waals surface area (Å²) in [6.07, 6.45) is 2.62. The van der Waals surface area contributed by atoms with Gasteiger partial charge in [-0.2, -0.15) is 0 Å². The SMILES string of the molecule is COc1cc2c(Oc3ccc(NC(=O)NC(=O)Cc4ccccc4)cc3Cl)ccnc2cc1OCCCN1CCOCC1. The highest BCUT2D eigenvalue weighted by molar-refractivity contribution is 6.32.